The van der Waals surface area contributed by atoms with Gasteiger partial charge >= 0.3 is 6.03 Å². The SMILES string of the molecule is CCN(CCCCO)C(=O)N[C@@H](c1ccncc1)c1ccccc1C. The average molecular weight is 341 g/mol. The van der Waals surface area contributed by atoms with Crippen LogP contribution in [0.15, 0.2) is 48.8 Å². The Labute approximate surface area is 149 Å². The van der Waals surface area contributed by atoms with E-state index in [0.717, 1.165) is 23.1 Å². The highest BCUT2D eigenvalue weighted by Gasteiger charge is 2.21. The molecule has 0 aliphatic rings. The predicted octanol–water partition coefficient (Wildman–Crippen LogP) is 3.28. The number of aliphatic hydroxyl groups is 1. The monoisotopic (exact) mass is 341 g/mol. The first kappa shape index (κ1) is 18.9. The Kier molecular flexibility index (Phi) is 7.41. The number of hydrogen-bond acceptors (Lipinski definition) is 3. The number of nitrogens with one attached hydrogen (secondary N) is 1. The first-order chi connectivity index (χ1) is 12.2. The summed E-state index contributed by atoms with van der Waals surface area (Å²) >= 11 is 0. The molecule has 1 heterocycles. The van der Waals surface area contributed by atoms with Crippen molar-refractivity contribution in [2.24, 2.45) is 0 Å². The number of carbonyl (C=O) groups excluding carboxylic acids is 1. The number of nitrogens with zero attached hydrogens (tertiary/aromatic N) is 2. The zero-order chi connectivity index (χ0) is 18.1. The topological polar surface area (TPSA) is 65.5 Å². The van der Waals surface area contributed by atoms with Gasteiger partial charge in [-0.3, -0.25) is 4.98 Å². The van der Waals surface area contributed by atoms with Crippen LogP contribution in [0, 0.1) is 6.92 Å². The van der Waals surface area contributed by atoms with Gasteiger partial charge in [0.2, 0.25) is 0 Å². The molecule has 1 aromatic carbocycles. The number of aliphatic hydroxyl groups excluding tert-OH is 1. The summed E-state index contributed by atoms with van der Waals surface area (Å²) in [6, 6.07) is 11.6. The molecule has 5 nitrogen and oxygen atoms in total. The largest absolute Gasteiger partial charge is 0.396 e. The van der Waals surface area contributed by atoms with Gasteiger partial charge < -0.3 is 15.3 Å². The summed E-state index contributed by atoms with van der Waals surface area (Å²) < 4.78 is 0. The second-order valence-corrected chi connectivity index (χ2v) is 6.03. The fourth-order valence-electron chi connectivity index (χ4n) is 2.84. The molecule has 0 radical (unpaired) electrons. The van der Waals surface area contributed by atoms with Crippen LogP contribution in [0.4, 0.5) is 4.79 Å². The molecule has 2 amide bonds. The molecule has 5 heteroatoms. The number of rotatable bonds is 8. The normalized spacial score (nSPS) is 11.8. The van der Waals surface area contributed by atoms with E-state index in [1.165, 1.54) is 0 Å². The summed E-state index contributed by atoms with van der Waals surface area (Å²) in [4.78, 5) is 18.6. The highest BCUT2D eigenvalue weighted by Crippen LogP contribution is 2.24. The quantitative estimate of drug-likeness (QED) is 0.724. The number of pyridine rings is 1. The number of amides is 2. The van der Waals surface area contributed by atoms with Gasteiger partial charge in [-0.05, 0) is 55.5 Å². The maximum atomic E-state index is 12.8. The Balaban J connectivity index is 2.22. The van der Waals surface area contributed by atoms with Gasteiger partial charge in [0.1, 0.15) is 0 Å². The van der Waals surface area contributed by atoms with Crippen LogP contribution in [-0.2, 0) is 0 Å². The lowest BCUT2D eigenvalue weighted by molar-refractivity contribution is 0.194. The van der Waals surface area contributed by atoms with Crippen molar-refractivity contribution in [1.82, 2.24) is 15.2 Å². The number of aromatic nitrogens is 1. The van der Waals surface area contributed by atoms with Gasteiger partial charge in [-0.2, -0.15) is 0 Å². The molecule has 0 fully saturated rings. The van der Waals surface area contributed by atoms with Gasteiger partial charge in [0.05, 0.1) is 6.04 Å². The second-order valence-electron chi connectivity index (χ2n) is 6.03. The second kappa shape index (κ2) is 9.79. The number of urea groups is 1. The summed E-state index contributed by atoms with van der Waals surface area (Å²) in [7, 11) is 0. The van der Waals surface area contributed by atoms with E-state index in [0.29, 0.717) is 19.5 Å². The molecule has 1 aromatic heterocycles. The average Bonchev–Trinajstić information content (AvgIpc) is 2.64. The lowest BCUT2D eigenvalue weighted by atomic mass is 9.96. The Bertz CT molecular complexity index is 661. The van der Waals surface area contributed by atoms with E-state index in [4.69, 9.17) is 5.11 Å². The molecule has 0 saturated carbocycles. The minimum atomic E-state index is -0.219. The smallest absolute Gasteiger partial charge is 0.318 e. The molecule has 1 atom stereocenters. The van der Waals surface area contributed by atoms with E-state index in [2.05, 4.69) is 23.3 Å². The third-order valence-corrected chi connectivity index (χ3v) is 4.31. The van der Waals surface area contributed by atoms with Crippen LogP contribution in [0.5, 0.6) is 0 Å². The number of hydrogen-bond donors (Lipinski definition) is 2. The van der Waals surface area contributed by atoms with Crippen molar-refractivity contribution >= 4 is 6.03 Å². The number of carbonyl (C=O) groups is 1. The van der Waals surface area contributed by atoms with Crippen molar-refractivity contribution in [3.8, 4) is 0 Å². The van der Waals surface area contributed by atoms with Crippen LogP contribution in [0.1, 0.15) is 42.5 Å². The molecule has 2 N–H and O–H groups in total. The van der Waals surface area contributed by atoms with Gasteiger partial charge in [-0.25, -0.2) is 4.79 Å². The van der Waals surface area contributed by atoms with E-state index >= 15 is 0 Å². The maximum absolute atomic E-state index is 12.8. The number of unbranched alkanes of at least 4 members (excludes halogenated alkanes) is 1. The van der Waals surface area contributed by atoms with E-state index in [-0.39, 0.29) is 18.7 Å². The van der Waals surface area contributed by atoms with Crippen LogP contribution in [-0.4, -0.2) is 40.7 Å². The first-order valence-electron chi connectivity index (χ1n) is 8.79. The molecule has 0 aliphatic carbocycles. The van der Waals surface area contributed by atoms with Crippen molar-refractivity contribution in [2.45, 2.75) is 32.7 Å². The van der Waals surface area contributed by atoms with Gasteiger partial charge in [0.15, 0.2) is 0 Å². The molecule has 0 saturated heterocycles. The van der Waals surface area contributed by atoms with Gasteiger partial charge in [-0.1, -0.05) is 24.3 Å². The Morgan fingerprint density at radius 1 is 1.20 bits per heavy atom. The van der Waals surface area contributed by atoms with Crippen LogP contribution in [0.25, 0.3) is 0 Å². The molecule has 25 heavy (non-hydrogen) atoms. The third kappa shape index (κ3) is 5.29. The molecule has 2 aromatic rings. The molecule has 0 bridgehead atoms. The van der Waals surface area contributed by atoms with Crippen LogP contribution >= 0.6 is 0 Å². The van der Waals surface area contributed by atoms with Crippen molar-refractivity contribution in [2.75, 3.05) is 19.7 Å². The Morgan fingerprint density at radius 3 is 2.56 bits per heavy atom. The minimum Gasteiger partial charge on any atom is -0.396 e. The van der Waals surface area contributed by atoms with Crippen molar-refractivity contribution < 1.29 is 9.90 Å². The fourth-order valence-corrected chi connectivity index (χ4v) is 2.84. The molecule has 0 unspecified atom stereocenters. The Morgan fingerprint density at radius 2 is 1.92 bits per heavy atom. The summed E-state index contributed by atoms with van der Waals surface area (Å²) in [5.74, 6) is 0. The van der Waals surface area contributed by atoms with E-state index in [9.17, 15) is 4.79 Å². The molecule has 2 rings (SSSR count). The summed E-state index contributed by atoms with van der Waals surface area (Å²) in [5, 5.41) is 12.1. The van der Waals surface area contributed by atoms with Gasteiger partial charge in [0.25, 0.3) is 0 Å². The van der Waals surface area contributed by atoms with Gasteiger partial charge in [-0.15, -0.1) is 0 Å². The highest BCUT2D eigenvalue weighted by atomic mass is 16.3. The Hall–Kier alpha value is -2.40. The van der Waals surface area contributed by atoms with E-state index < -0.39 is 0 Å². The molecular weight excluding hydrogens is 314 g/mol. The summed E-state index contributed by atoms with van der Waals surface area (Å²) in [5.41, 5.74) is 3.21. The number of benzene rings is 1. The minimum absolute atomic E-state index is 0.0921. The predicted molar refractivity (Wildman–Crippen MR) is 99.4 cm³/mol. The summed E-state index contributed by atoms with van der Waals surface area (Å²) in [6.45, 7) is 5.44. The highest BCUT2D eigenvalue weighted by molar-refractivity contribution is 5.75. The lowest BCUT2D eigenvalue weighted by Crippen LogP contribution is -2.42. The van der Waals surface area contributed by atoms with Crippen LogP contribution in [0.2, 0.25) is 0 Å². The van der Waals surface area contributed by atoms with Gasteiger partial charge in [0, 0.05) is 32.1 Å². The molecule has 0 aliphatic heterocycles. The maximum Gasteiger partial charge on any atom is 0.318 e. The molecule has 134 valence electrons. The zero-order valence-electron chi connectivity index (χ0n) is 15.0. The van der Waals surface area contributed by atoms with E-state index in [1.807, 2.05) is 37.3 Å². The van der Waals surface area contributed by atoms with Crippen molar-refractivity contribution in [3.63, 3.8) is 0 Å². The lowest BCUT2D eigenvalue weighted by Gasteiger charge is -2.27. The standard InChI is InChI=1S/C20H27N3O2/c1-3-23(14-6-7-15-24)20(25)22-19(17-10-12-21-13-11-17)18-9-5-4-8-16(18)2/h4-5,8-13,19,24H,3,6-7,14-15H2,1-2H3,(H,22,25)/t19-/m0/s1. The number of aryl methyl sites for hydroxylation is 1. The molecule has 0 spiro atoms. The first-order valence-corrected chi connectivity index (χ1v) is 8.79. The van der Waals surface area contributed by atoms with Crippen molar-refractivity contribution in [1.29, 1.82) is 0 Å². The van der Waals surface area contributed by atoms with Crippen molar-refractivity contribution in [3.05, 3.63) is 65.5 Å². The van der Waals surface area contributed by atoms with Crippen LogP contribution in [0.3, 0.4) is 0 Å². The fraction of sp³-hybridized carbons (Fsp3) is 0.400. The van der Waals surface area contributed by atoms with Crippen LogP contribution < -0.4 is 5.32 Å². The zero-order valence-corrected chi connectivity index (χ0v) is 15.0. The van der Waals surface area contributed by atoms with E-state index in [1.54, 1.807) is 17.3 Å². The third-order valence-electron chi connectivity index (χ3n) is 4.31. The molecular formula is C20H27N3O2. The summed E-state index contributed by atoms with van der Waals surface area (Å²) in [6.07, 6.45) is 4.98.